The van der Waals surface area contributed by atoms with E-state index in [1.54, 1.807) is 0 Å². The van der Waals surface area contributed by atoms with Crippen LogP contribution >= 0.6 is 0 Å². The molecule has 1 saturated carbocycles. The fourth-order valence-corrected chi connectivity index (χ4v) is 6.99. The van der Waals surface area contributed by atoms with Crippen LogP contribution in [-0.4, -0.2) is 82.8 Å². The number of rotatable bonds is 34. The van der Waals surface area contributed by atoms with Gasteiger partial charge in [-0.3, -0.25) is 4.79 Å². The van der Waals surface area contributed by atoms with E-state index in [4.69, 9.17) is 14.2 Å². The summed E-state index contributed by atoms with van der Waals surface area (Å²) in [5.41, 5.74) is 0. The first-order valence-electron chi connectivity index (χ1n) is 20.8. The largest absolute Gasteiger partial charge is 0.457 e. The van der Waals surface area contributed by atoms with Crippen LogP contribution in [0.1, 0.15) is 188 Å². The normalized spacial score (nSPS) is 22.7. The molecule has 1 rings (SSSR count). The Morgan fingerprint density at radius 2 is 0.939 bits per heavy atom. The Bertz CT molecular complexity index is 737. The number of aliphatic hydroxyl groups is 4. The number of hydrogen-bond donors (Lipinski definition) is 4. The van der Waals surface area contributed by atoms with Crippen LogP contribution in [0.3, 0.4) is 0 Å². The first-order chi connectivity index (χ1) is 23.7. The molecule has 0 aromatic heterocycles. The standard InChI is InChI=1S/C41H80O8/c1-5-7-9-19-25-33(3)27-21-15-12-11-13-18-24-30-47-31-35(32-48-41-39(45)37(43)38(44)40(41)46)49-36(42)29-23-17-14-16-22-28-34(4)26-20-10-8-6-2/h33-35,37-41,43-46H,5-32H2,1-4H3/t33?,34?,35-,37-,38+,39?,40?,41?/m1/s1. The molecular weight excluding hydrogens is 620 g/mol. The Balaban J connectivity index is 2.26. The maximum absolute atomic E-state index is 12.7. The summed E-state index contributed by atoms with van der Waals surface area (Å²) >= 11 is 0. The number of carbonyl (C=O) groups excluding carboxylic acids is 1. The van der Waals surface area contributed by atoms with E-state index in [0.717, 1.165) is 43.9 Å². The Labute approximate surface area is 301 Å². The van der Waals surface area contributed by atoms with Gasteiger partial charge in [-0.05, 0) is 24.7 Å². The van der Waals surface area contributed by atoms with Crippen molar-refractivity contribution in [1.29, 1.82) is 0 Å². The van der Waals surface area contributed by atoms with E-state index in [0.29, 0.717) is 13.0 Å². The van der Waals surface area contributed by atoms with Crippen molar-refractivity contribution in [3.05, 3.63) is 0 Å². The van der Waals surface area contributed by atoms with Gasteiger partial charge in [0, 0.05) is 13.0 Å². The highest BCUT2D eigenvalue weighted by Crippen LogP contribution is 2.25. The van der Waals surface area contributed by atoms with Gasteiger partial charge in [-0.1, -0.05) is 169 Å². The van der Waals surface area contributed by atoms with Crippen LogP contribution < -0.4 is 0 Å². The van der Waals surface area contributed by atoms with E-state index in [1.165, 1.54) is 122 Å². The minimum atomic E-state index is -1.49. The second-order valence-electron chi connectivity index (χ2n) is 15.4. The third-order valence-electron chi connectivity index (χ3n) is 10.5. The topological polar surface area (TPSA) is 126 Å². The second-order valence-corrected chi connectivity index (χ2v) is 15.4. The van der Waals surface area contributed by atoms with Crippen molar-refractivity contribution >= 4 is 5.97 Å². The lowest BCUT2D eigenvalue weighted by Crippen LogP contribution is -2.39. The molecule has 292 valence electrons. The summed E-state index contributed by atoms with van der Waals surface area (Å²) in [6.45, 7) is 9.91. The minimum Gasteiger partial charge on any atom is -0.457 e. The molecule has 49 heavy (non-hydrogen) atoms. The fourth-order valence-electron chi connectivity index (χ4n) is 6.99. The molecule has 0 spiro atoms. The Morgan fingerprint density at radius 1 is 0.531 bits per heavy atom. The van der Waals surface area contributed by atoms with Gasteiger partial charge < -0.3 is 34.6 Å². The van der Waals surface area contributed by atoms with E-state index in [1.807, 2.05) is 0 Å². The number of ether oxygens (including phenoxy) is 3. The first kappa shape index (κ1) is 46.3. The highest BCUT2D eigenvalue weighted by molar-refractivity contribution is 5.69. The molecule has 0 amide bonds. The summed E-state index contributed by atoms with van der Waals surface area (Å²) in [6, 6.07) is 0. The molecule has 0 radical (unpaired) electrons. The van der Waals surface area contributed by atoms with Gasteiger partial charge in [-0.15, -0.1) is 0 Å². The van der Waals surface area contributed by atoms with Gasteiger partial charge in [0.2, 0.25) is 0 Å². The number of aliphatic hydroxyl groups excluding tert-OH is 4. The van der Waals surface area contributed by atoms with E-state index < -0.39 is 36.6 Å². The molecule has 8 heteroatoms. The lowest BCUT2D eigenvalue weighted by atomic mass is 9.96. The Hall–Kier alpha value is -0.770. The van der Waals surface area contributed by atoms with Crippen molar-refractivity contribution in [3.63, 3.8) is 0 Å². The predicted molar refractivity (Wildman–Crippen MR) is 200 cm³/mol. The van der Waals surface area contributed by atoms with Crippen LogP contribution in [0, 0.1) is 11.8 Å². The summed E-state index contributed by atoms with van der Waals surface area (Å²) in [6.07, 6.45) is 22.5. The SMILES string of the molecule is CCCCCCC(C)CCCCCCCCCOC[C@H](COC1C(O)[C@@H](O)[C@@H](O)C1O)OC(=O)CCCCCCCC(C)CCCCCC. The zero-order chi connectivity index (χ0) is 36.1. The summed E-state index contributed by atoms with van der Waals surface area (Å²) < 4.78 is 17.2. The smallest absolute Gasteiger partial charge is 0.306 e. The Kier molecular flexibility index (Phi) is 29.1. The van der Waals surface area contributed by atoms with Crippen LogP contribution in [0.4, 0.5) is 0 Å². The van der Waals surface area contributed by atoms with E-state index in [9.17, 15) is 25.2 Å². The highest BCUT2D eigenvalue weighted by atomic mass is 16.6. The lowest BCUT2D eigenvalue weighted by Gasteiger charge is -2.24. The van der Waals surface area contributed by atoms with Crippen molar-refractivity contribution < 1.29 is 39.4 Å². The van der Waals surface area contributed by atoms with Crippen molar-refractivity contribution in [1.82, 2.24) is 0 Å². The van der Waals surface area contributed by atoms with Gasteiger partial charge in [0.15, 0.2) is 0 Å². The van der Waals surface area contributed by atoms with Gasteiger partial charge in [0.25, 0.3) is 0 Å². The van der Waals surface area contributed by atoms with Crippen LogP contribution in [0.25, 0.3) is 0 Å². The van der Waals surface area contributed by atoms with Crippen molar-refractivity contribution in [3.8, 4) is 0 Å². The molecule has 0 saturated heterocycles. The molecule has 8 nitrogen and oxygen atoms in total. The molecule has 0 aliphatic heterocycles. The number of esters is 1. The molecule has 5 unspecified atom stereocenters. The summed E-state index contributed by atoms with van der Waals surface area (Å²) in [5.74, 6) is 1.34. The van der Waals surface area contributed by atoms with Crippen LogP contribution in [0.15, 0.2) is 0 Å². The van der Waals surface area contributed by atoms with Gasteiger partial charge in [-0.2, -0.15) is 0 Å². The monoisotopic (exact) mass is 701 g/mol. The van der Waals surface area contributed by atoms with Crippen molar-refractivity contribution in [2.75, 3.05) is 19.8 Å². The zero-order valence-electron chi connectivity index (χ0n) is 32.3. The van der Waals surface area contributed by atoms with Crippen molar-refractivity contribution in [2.45, 2.75) is 225 Å². The van der Waals surface area contributed by atoms with Crippen LogP contribution in [0.5, 0.6) is 0 Å². The molecule has 8 atom stereocenters. The van der Waals surface area contributed by atoms with Crippen LogP contribution in [0.2, 0.25) is 0 Å². The average molecular weight is 701 g/mol. The average Bonchev–Trinajstić information content (AvgIpc) is 3.26. The van der Waals surface area contributed by atoms with Gasteiger partial charge in [-0.25, -0.2) is 0 Å². The second kappa shape index (κ2) is 30.8. The van der Waals surface area contributed by atoms with Gasteiger partial charge >= 0.3 is 5.97 Å². The number of hydrogen-bond acceptors (Lipinski definition) is 8. The van der Waals surface area contributed by atoms with Gasteiger partial charge in [0.05, 0.1) is 13.2 Å². The molecule has 1 aliphatic carbocycles. The summed E-state index contributed by atoms with van der Waals surface area (Å²) in [5, 5.41) is 40.2. The molecule has 1 aliphatic rings. The highest BCUT2D eigenvalue weighted by Gasteiger charge is 2.49. The summed E-state index contributed by atoms with van der Waals surface area (Å²) in [7, 11) is 0. The third-order valence-corrected chi connectivity index (χ3v) is 10.5. The maximum Gasteiger partial charge on any atom is 0.306 e. The zero-order valence-corrected chi connectivity index (χ0v) is 32.3. The van der Waals surface area contributed by atoms with E-state index in [-0.39, 0.29) is 19.2 Å². The minimum absolute atomic E-state index is 0.0993. The van der Waals surface area contributed by atoms with Crippen LogP contribution in [-0.2, 0) is 19.0 Å². The van der Waals surface area contributed by atoms with E-state index >= 15 is 0 Å². The molecule has 0 aromatic carbocycles. The van der Waals surface area contributed by atoms with E-state index in [2.05, 4.69) is 27.7 Å². The van der Waals surface area contributed by atoms with Gasteiger partial charge in [0.1, 0.15) is 36.6 Å². The number of carbonyl (C=O) groups is 1. The molecule has 0 aromatic rings. The lowest BCUT2D eigenvalue weighted by molar-refractivity contribution is -0.163. The Morgan fingerprint density at radius 3 is 1.41 bits per heavy atom. The fraction of sp³-hybridized carbons (Fsp3) is 0.976. The molecular formula is C41H80O8. The van der Waals surface area contributed by atoms with Crippen molar-refractivity contribution in [2.24, 2.45) is 11.8 Å². The third kappa shape index (κ3) is 23.4. The summed E-state index contributed by atoms with van der Waals surface area (Å²) in [4.78, 5) is 12.7. The molecule has 1 fully saturated rings. The molecule has 0 bridgehead atoms. The quantitative estimate of drug-likeness (QED) is 0.0388. The predicted octanol–water partition coefficient (Wildman–Crippen LogP) is 8.82. The molecule has 4 N–H and O–H groups in total. The first-order valence-corrected chi connectivity index (χ1v) is 20.8. The number of unbranched alkanes of at least 4 members (excludes halogenated alkanes) is 16. The maximum atomic E-state index is 12.7. The molecule has 0 heterocycles.